The summed E-state index contributed by atoms with van der Waals surface area (Å²) in [4.78, 5) is 8.74. The lowest BCUT2D eigenvalue weighted by Gasteiger charge is -2.26. The molecule has 0 saturated heterocycles. The van der Waals surface area contributed by atoms with Gasteiger partial charge < -0.3 is 10.4 Å². The number of aryl methyl sites for hydroxylation is 1. The zero-order chi connectivity index (χ0) is 19.0. The fourth-order valence-electron chi connectivity index (χ4n) is 3.47. The van der Waals surface area contributed by atoms with Crippen molar-refractivity contribution in [3.8, 4) is 0 Å². The maximum Gasteiger partial charge on any atom is 0.269 e. The maximum atomic E-state index is 13.0. The van der Waals surface area contributed by atoms with Gasteiger partial charge in [0.15, 0.2) is 5.65 Å². The predicted molar refractivity (Wildman–Crippen MR) is 103 cm³/mol. The fraction of sp³-hybridized carbons (Fsp3) is 0.368. The number of fused-ring (bicyclic) bond motifs is 1. The number of hydrogen-bond acceptors (Lipinski definition) is 6. The Balaban J connectivity index is 1.69. The number of nitrogens with zero attached hydrogens (tertiary/aromatic N) is 3. The number of rotatable bonds is 4. The van der Waals surface area contributed by atoms with Crippen LogP contribution in [0.1, 0.15) is 31.2 Å². The van der Waals surface area contributed by atoms with Gasteiger partial charge in [-0.25, -0.2) is 22.4 Å². The molecule has 2 N–H and O–H groups in total. The molecule has 0 amide bonds. The van der Waals surface area contributed by atoms with E-state index in [9.17, 15) is 13.5 Å². The van der Waals surface area contributed by atoms with Gasteiger partial charge in [-0.2, -0.15) is 0 Å². The number of benzene rings is 1. The van der Waals surface area contributed by atoms with Crippen molar-refractivity contribution in [1.82, 2.24) is 13.9 Å². The Bertz CT molecular complexity index is 1050. The summed E-state index contributed by atoms with van der Waals surface area (Å²) in [5, 5.41) is 13.7. The van der Waals surface area contributed by atoms with Crippen LogP contribution in [-0.4, -0.2) is 39.6 Å². The van der Waals surface area contributed by atoms with E-state index in [2.05, 4.69) is 15.3 Å². The van der Waals surface area contributed by atoms with Crippen LogP contribution in [0.4, 0.5) is 5.82 Å². The highest BCUT2D eigenvalue weighted by Gasteiger charge is 2.23. The first-order valence-electron chi connectivity index (χ1n) is 9.04. The molecule has 27 heavy (non-hydrogen) atoms. The Morgan fingerprint density at radius 3 is 2.48 bits per heavy atom. The Morgan fingerprint density at radius 2 is 1.78 bits per heavy atom. The Kier molecular flexibility index (Phi) is 4.61. The molecule has 0 unspecified atom stereocenters. The van der Waals surface area contributed by atoms with Crippen LogP contribution in [0.3, 0.4) is 0 Å². The van der Waals surface area contributed by atoms with Gasteiger partial charge >= 0.3 is 0 Å². The molecule has 4 rings (SSSR count). The normalized spacial score (nSPS) is 20.7. The van der Waals surface area contributed by atoms with Crippen LogP contribution >= 0.6 is 0 Å². The SMILES string of the molecule is Cc1ccc(S(=O)(=O)n2ccc3c(NC4CCC(O)CC4)ncnc32)cc1. The summed E-state index contributed by atoms with van der Waals surface area (Å²) in [5.74, 6) is 0.624. The molecular weight excluding hydrogens is 364 g/mol. The second-order valence-corrected chi connectivity index (χ2v) is 8.85. The van der Waals surface area contributed by atoms with Gasteiger partial charge in [0.2, 0.25) is 0 Å². The quantitative estimate of drug-likeness (QED) is 0.716. The van der Waals surface area contributed by atoms with Crippen molar-refractivity contribution < 1.29 is 13.5 Å². The summed E-state index contributed by atoms with van der Waals surface area (Å²) in [6.45, 7) is 1.91. The van der Waals surface area contributed by atoms with Gasteiger partial charge in [0.1, 0.15) is 12.1 Å². The fourth-order valence-corrected chi connectivity index (χ4v) is 4.78. The van der Waals surface area contributed by atoms with E-state index in [4.69, 9.17) is 0 Å². The van der Waals surface area contributed by atoms with Crippen LogP contribution in [0.2, 0.25) is 0 Å². The molecular formula is C19H22N4O3S. The molecule has 3 aromatic rings. The minimum absolute atomic E-state index is 0.212. The highest BCUT2D eigenvalue weighted by Crippen LogP contribution is 2.27. The molecule has 2 aromatic heterocycles. The predicted octanol–water partition coefficient (Wildman–Crippen LogP) is 2.69. The van der Waals surface area contributed by atoms with Crippen molar-refractivity contribution in [3.05, 3.63) is 48.4 Å². The molecule has 1 saturated carbocycles. The molecule has 1 fully saturated rings. The maximum absolute atomic E-state index is 13.0. The first-order valence-corrected chi connectivity index (χ1v) is 10.5. The van der Waals surface area contributed by atoms with Gasteiger partial charge in [0.25, 0.3) is 10.0 Å². The van der Waals surface area contributed by atoms with E-state index >= 15 is 0 Å². The van der Waals surface area contributed by atoms with Crippen molar-refractivity contribution in [2.45, 2.75) is 49.6 Å². The second kappa shape index (κ2) is 6.94. The van der Waals surface area contributed by atoms with Gasteiger partial charge in [-0.3, -0.25) is 0 Å². The van der Waals surface area contributed by atoms with Gasteiger partial charge in [-0.15, -0.1) is 0 Å². The molecule has 1 aromatic carbocycles. The number of aliphatic hydroxyl groups excluding tert-OH is 1. The van der Waals surface area contributed by atoms with Crippen LogP contribution in [0.15, 0.2) is 47.8 Å². The highest BCUT2D eigenvalue weighted by molar-refractivity contribution is 7.90. The average molecular weight is 386 g/mol. The lowest BCUT2D eigenvalue weighted by Crippen LogP contribution is -2.28. The molecule has 0 radical (unpaired) electrons. The van der Waals surface area contributed by atoms with E-state index in [1.807, 2.05) is 6.92 Å². The highest BCUT2D eigenvalue weighted by atomic mass is 32.2. The number of hydrogen-bond donors (Lipinski definition) is 2. The van der Waals surface area contributed by atoms with Crippen molar-refractivity contribution in [2.24, 2.45) is 0 Å². The minimum Gasteiger partial charge on any atom is -0.393 e. The first-order chi connectivity index (χ1) is 12.9. The van der Waals surface area contributed by atoms with Crippen LogP contribution in [0.5, 0.6) is 0 Å². The lowest BCUT2D eigenvalue weighted by atomic mass is 9.93. The van der Waals surface area contributed by atoms with Crippen LogP contribution < -0.4 is 5.32 Å². The van der Waals surface area contributed by atoms with Crippen molar-refractivity contribution >= 4 is 26.9 Å². The smallest absolute Gasteiger partial charge is 0.269 e. The number of aromatic nitrogens is 3. The lowest BCUT2D eigenvalue weighted by molar-refractivity contribution is 0.126. The molecule has 8 heteroatoms. The third-order valence-electron chi connectivity index (χ3n) is 5.06. The van der Waals surface area contributed by atoms with Crippen LogP contribution in [-0.2, 0) is 10.0 Å². The third-order valence-corrected chi connectivity index (χ3v) is 6.74. The molecule has 2 heterocycles. The first kappa shape index (κ1) is 17.9. The summed E-state index contributed by atoms with van der Waals surface area (Å²) < 4.78 is 27.2. The Hall–Kier alpha value is -2.45. The Labute approximate surface area is 158 Å². The van der Waals surface area contributed by atoms with Gasteiger partial charge in [-0.05, 0) is 50.8 Å². The topological polar surface area (TPSA) is 97.1 Å². The summed E-state index contributed by atoms with van der Waals surface area (Å²) >= 11 is 0. The standard InChI is InChI=1S/C19H22N4O3S/c1-13-2-8-16(9-3-13)27(25,26)23-11-10-17-18(20-12-21-19(17)23)22-14-4-6-15(24)7-5-14/h2-3,8-12,14-15,24H,4-7H2,1H3,(H,20,21,22). The molecule has 0 aliphatic heterocycles. The van der Waals surface area contributed by atoms with E-state index in [1.54, 1.807) is 30.3 Å². The molecule has 1 aliphatic rings. The molecule has 142 valence electrons. The molecule has 7 nitrogen and oxygen atoms in total. The molecule has 0 atom stereocenters. The molecule has 0 spiro atoms. The summed E-state index contributed by atoms with van der Waals surface area (Å²) in [5.41, 5.74) is 1.35. The van der Waals surface area contributed by atoms with Crippen LogP contribution in [0.25, 0.3) is 11.0 Å². The summed E-state index contributed by atoms with van der Waals surface area (Å²) in [6.07, 6.45) is 5.90. The van der Waals surface area contributed by atoms with E-state index in [1.165, 1.54) is 16.5 Å². The van der Waals surface area contributed by atoms with E-state index in [0.717, 1.165) is 31.2 Å². The van der Waals surface area contributed by atoms with Crippen LogP contribution in [0, 0.1) is 6.92 Å². The molecule has 1 aliphatic carbocycles. The average Bonchev–Trinajstić information content (AvgIpc) is 3.10. The van der Waals surface area contributed by atoms with Crippen molar-refractivity contribution in [3.63, 3.8) is 0 Å². The Morgan fingerprint density at radius 1 is 1.07 bits per heavy atom. The minimum atomic E-state index is -3.73. The third kappa shape index (κ3) is 3.42. The van der Waals surface area contributed by atoms with E-state index in [-0.39, 0.29) is 17.0 Å². The van der Waals surface area contributed by atoms with E-state index < -0.39 is 10.0 Å². The summed E-state index contributed by atoms with van der Waals surface area (Å²) in [7, 11) is -3.73. The zero-order valence-electron chi connectivity index (χ0n) is 15.0. The van der Waals surface area contributed by atoms with Crippen molar-refractivity contribution in [2.75, 3.05) is 5.32 Å². The van der Waals surface area contributed by atoms with Gasteiger partial charge in [-0.1, -0.05) is 17.7 Å². The zero-order valence-corrected chi connectivity index (χ0v) is 15.9. The summed E-state index contributed by atoms with van der Waals surface area (Å²) in [6, 6.07) is 8.69. The number of aliphatic hydroxyl groups is 1. The van der Waals surface area contributed by atoms with E-state index in [0.29, 0.717) is 16.9 Å². The largest absolute Gasteiger partial charge is 0.393 e. The van der Waals surface area contributed by atoms with Crippen molar-refractivity contribution in [1.29, 1.82) is 0 Å². The van der Waals surface area contributed by atoms with Gasteiger partial charge in [0.05, 0.1) is 16.4 Å². The second-order valence-electron chi connectivity index (χ2n) is 7.04. The number of nitrogens with one attached hydrogen (secondary N) is 1. The number of anilines is 1. The molecule has 0 bridgehead atoms. The van der Waals surface area contributed by atoms with Gasteiger partial charge in [0, 0.05) is 12.2 Å². The monoisotopic (exact) mass is 386 g/mol.